The van der Waals surface area contributed by atoms with Crippen molar-refractivity contribution in [3.8, 4) is 0 Å². The molecule has 0 aromatic heterocycles. The maximum Gasteiger partial charge on any atom is 0.134 e. The minimum Gasteiger partial charge on any atom is -0.327 e. The van der Waals surface area contributed by atoms with Crippen LogP contribution < -0.4 is 5.73 Å². The maximum absolute atomic E-state index is 11.0. The van der Waals surface area contributed by atoms with Crippen LogP contribution in [0, 0.1) is 5.41 Å². The van der Waals surface area contributed by atoms with Gasteiger partial charge in [-0.05, 0) is 11.8 Å². The molecule has 2 heteroatoms. The molecule has 1 aliphatic rings. The van der Waals surface area contributed by atoms with E-state index in [4.69, 9.17) is 5.73 Å². The van der Waals surface area contributed by atoms with Crippen molar-refractivity contribution in [1.29, 1.82) is 0 Å². The first-order valence-electron chi connectivity index (χ1n) is 3.77. The van der Waals surface area contributed by atoms with Crippen molar-refractivity contribution in [3.63, 3.8) is 0 Å². The Kier molecular flexibility index (Phi) is 1.82. The van der Waals surface area contributed by atoms with Gasteiger partial charge in [-0.2, -0.15) is 0 Å². The van der Waals surface area contributed by atoms with E-state index in [1.54, 1.807) is 0 Å². The first-order chi connectivity index (χ1) is 4.49. The van der Waals surface area contributed by atoms with Gasteiger partial charge in [-0.3, -0.25) is 4.79 Å². The summed E-state index contributed by atoms with van der Waals surface area (Å²) in [7, 11) is 0. The first kappa shape index (κ1) is 7.73. The summed E-state index contributed by atoms with van der Waals surface area (Å²) < 4.78 is 0. The average molecular weight is 141 g/mol. The van der Waals surface area contributed by atoms with Gasteiger partial charge in [0.05, 0.1) is 0 Å². The Morgan fingerprint density at radius 3 is 2.60 bits per heavy atom. The minimum absolute atomic E-state index is 0.108. The van der Waals surface area contributed by atoms with Crippen LogP contribution in [0.2, 0.25) is 0 Å². The fourth-order valence-electron chi connectivity index (χ4n) is 1.75. The van der Waals surface area contributed by atoms with Crippen LogP contribution in [0.1, 0.15) is 33.1 Å². The highest BCUT2D eigenvalue weighted by molar-refractivity contribution is 5.80. The van der Waals surface area contributed by atoms with Gasteiger partial charge in [-0.15, -0.1) is 0 Å². The summed E-state index contributed by atoms with van der Waals surface area (Å²) in [6, 6.07) is 0.108. The molecule has 0 radical (unpaired) electrons. The first-order valence-corrected chi connectivity index (χ1v) is 3.77. The Hall–Kier alpha value is -0.370. The minimum atomic E-state index is 0.108. The number of hydrogen-bond acceptors (Lipinski definition) is 2. The number of rotatable bonds is 0. The van der Waals surface area contributed by atoms with Crippen LogP contribution in [0.5, 0.6) is 0 Å². The van der Waals surface area contributed by atoms with Gasteiger partial charge in [-0.1, -0.05) is 13.8 Å². The Balaban J connectivity index is 2.59. The normalized spacial score (nSPS) is 32.3. The maximum atomic E-state index is 11.0. The van der Waals surface area contributed by atoms with E-state index >= 15 is 0 Å². The number of ketones is 1. The van der Waals surface area contributed by atoms with Crippen molar-refractivity contribution in [2.75, 3.05) is 0 Å². The van der Waals surface area contributed by atoms with Crippen molar-refractivity contribution < 1.29 is 4.79 Å². The lowest BCUT2D eigenvalue weighted by molar-refractivity contribution is -0.123. The predicted octanol–water partition coefficient (Wildman–Crippen LogP) is 1.09. The summed E-state index contributed by atoms with van der Waals surface area (Å²) in [6.45, 7) is 4.20. The molecule has 1 aliphatic carbocycles. The standard InChI is InChI=1S/C8H15NO/c1-8(2)4-6(9)3-7(10)5-8/h6H,3-5,9H2,1-2H3. The Morgan fingerprint density at radius 1 is 1.60 bits per heavy atom. The number of Topliss-reactive ketones (excluding diaryl/α,β-unsaturated/α-hetero) is 1. The molecule has 0 amide bonds. The largest absolute Gasteiger partial charge is 0.327 e. The molecule has 2 N–H and O–H groups in total. The van der Waals surface area contributed by atoms with Crippen molar-refractivity contribution >= 4 is 5.78 Å². The topological polar surface area (TPSA) is 43.1 Å². The van der Waals surface area contributed by atoms with E-state index in [1.807, 2.05) is 0 Å². The molecule has 1 fully saturated rings. The van der Waals surface area contributed by atoms with Gasteiger partial charge in [0.1, 0.15) is 5.78 Å². The molecule has 1 rings (SSSR count). The van der Waals surface area contributed by atoms with Crippen LogP contribution in [-0.4, -0.2) is 11.8 Å². The van der Waals surface area contributed by atoms with Gasteiger partial charge in [-0.25, -0.2) is 0 Å². The van der Waals surface area contributed by atoms with Crippen LogP contribution in [0.4, 0.5) is 0 Å². The molecule has 0 saturated heterocycles. The second kappa shape index (κ2) is 2.35. The van der Waals surface area contributed by atoms with Crippen LogP contribution in [-0.2, 0) is 4.79 Å². The van der Waals surface area contributed by atoms with Crippen molar-refractivity contribution in [1.82, 2.24) is 0 Å². The average Bonchev–Trinajstić information content (AvgIpc) is 1.54. The van der Waals surface area contributed by atoms with Gasteiger partial charge in [0.25, 0.3) is 0 Å². The van der Waals surface area contributed by atoms with Crippen LogP contribution in [0.15, 0.2) is 0 Å². The number of carbonyl (C=O) groups is 1. The summed E-state index contributed by atoms with van der Waals surface area (Å²) in [4.78, 5) is 11.0. The second-order valence-electron chi connectivity index (χ2n) is 4.05. The summed E-state index contributed by atoms with van der Waals surface area (Å²) >= 11 is 0. The fraction of sp³-hybridized carbons (Fsp3) is 0.875. The van der Waals surface area contributed by atoms with E-state index in [0.717, 1.165) is 6.42 Å². The van der Waals surface area contributed by atoms with E-state index < -0.39 is 0 Å². The lowest BCUT2D eigenvalue weighted by atomic mass is 9.75. The molecule has 0 spiro atoms. The zero-order valence-electron chi connectivity index (χ0n) is 6.68. The molecule has 0 bridgehead atoms. The van der Waals surface area contributed by atoms with Crippen molar-refractivity contribution in [2.24, 2.45) is 11.1 Å². The van der Waals surface area contributed by atoms with Crippen molar-refractivity contribution in [2.45, 2.75) is 39.2 Å². The lowest BCUT2D eigenvalue weighted by Gasteiger charge is -2.32. The third-order valence-corrected chi connectivity index (χ3v) is 1.98. The summed E-state index contributed by atoms with van der Waals surface area (Å²) in [5.74, 6) is 0.323. The highest BCUT2D eigenvalue weighted by atomic mass is 16.1. The summed E-state index contributed by atoms with van der Waals surface area (Å²) in [5.41, 5.74) is 5.83. The quantitative estimate of drug-likeness (QED) is 0.548. The van der Waals surface area contributed by atoms with Gasteiger partial charge in [0, 0.05) is 18.9 Å². The zero-order valence-corrected chi connectivity index (χ0v) is 6.68. The number of carbonyl (C=O) groups excluding carboxylic acids is 1. The van der Waals surface area contributed by atoms with E-state index in [1.165, 1.54) is 0 Å². The van der Waals surface area contributed by atoms with E-state index in [2.05, 4.69) is 13.8 Å². The molecule has 1 atom stereocenters. The van der Waals surface area contributed by atoms with E-state index in [0.29, 0.717) is 18.6 Å². The van der Waals surface area contributed by atoms with Crippen LogP contribution >= 0.6 is 0 Å². The van der Waals surface area contributed by atoms with E-state index in [-0.39, 0.29) is 11.5 Å². The molecule has 58 valence electrons. The highest BCUT2D eigenvalue weighted by Gasteiger charge is 2.30. The second-order valence-corrected chi connectivity index (χ2v) is 4.05. The Bertz CT molecular complexity index is 151. The molecule has 2 nitrogen and oxygen atoms in total. The molecule has 0 aliphatic heterocycles. The molecule has 0 aromatic rings. The summed E-state index contributed by atoms with van der Waals surface area (Å²) in [6.07, 6.45) is 2.28. The van der Waals surface area contributed by atoms with Gasteiger partial charge >= 0.3 is 0 Å². The SMILES string of the molecule is CC1(C)CC(=O)CC(N)C1. The summed E-state index contributed by atoms with van der Waals surface area (Å²) in [5, 5.41) is 0. The Labute approximate surface area is 61.8 Å². The van der Waals surface area contributed by atoms with E-state index in [9.17, 15) is 4.79 Å². The fourth-order valence-corrected chi connectivity index (χ4v) is 1.75. The highest BCUT2D eigenvalue weighted by Crippen LogP contribution is 2.32. The molecular formula is C8H15NO. The number of hydrogen-bond donors (Lipinski definition) is 1. The molecule has 0 aromatic carbocycles. The molecule has 1 saturated carbocycles. The van der Waals surface area contributed by atoms with Crippen molar-refractivity contribution in [3.05, 3.63) is 0 Å². The molecule has 0 heterocycles. The van der Waals surface area contributed by atoms with Gasteiger partial charge < -0.3 is 5.73 Å². The third kappa shape index (κ3) is 1.81. The molecular weight excluding hydrogens is 126 g/mol. The monoisotopic (exact) mass is 141 g/mol. The zero-order chi connectivity index (χ0) is 7.78. The molecule has 10 heavy (non-hydrogen) atoms. The number of nitrogens with two attached hydrogens (primary N) is 1. The third-order valence-electron chi connectivity index (χ3n) is 1.98. The Morgan fingerprint density at radius 2 is 2.20 bits per heavy atom. The predicted molar refractivity (Wildman–Crippen MR) is 40.6 cm³/mol. The lowest BCUT2D eigenvalue weighted by Crippen LogP contribution is -2.37. The molecule has 1 unspecified atom stereocenters. The van der Waals surface area contributed by atoms with Crippen LogP contribution in [0.3, 0.4) is 0 Å². The van der Waals surface area contributed by atoms with Gasteiger partial charge in [0.2, 0.25) is 0 Å². The van der Waals surface area contributed by atoms with Crippen LogP contribution in [0.25, 0.3) is 0 Å². The van der Waals surface area contributed by atoms with Gasteiger partial charge in [0.15, 0.2) is 0 Å². The smallest absolute Gasteiger partial charge is 0.134 e.